The molecule has 3 aromatic carbocycles. The molecule has 198 valence electrons. The molecule has 1 aromatic heterocycles. The first-order valence-electron chi connectivity index (χ1n) is 12.6. The van der Waals surface area contributed by atoms with Gasteiger partial charge >= 0.3 is 0 Å². The highest BCUT2D eigenvalue weighted by atomic mass is 19.1. The molecule has 39 heavy (non-hydrogen) atoms. The molecule has 2 heterocycles. The lowest BCUT2D eigenvalue weighted by Crippen LogP contribution is -2.46. The van der Waals surface area contributed by atoms with E-state index in [1.165, 1.54) is 29.1 Å². The zero-order valence-corrected chi connectivity index (χ0v) is 21.3. The predicted octanol–water partition coefficient (Wildman–Crippen LogP) is 4.75. The quantitative estimate of drug-likeness (QED) is 0.303. The third kappa shape index (κ3) is 6.35. The second-order valence-electron chi connectivity index (χ2n) is 9.04. The highest BCUT2D eigenvalue weighted by Crippen LogP contribution is 2.22. The highest BCUT2D eigenvalue weighted by molar-refractivity contribution is 5.96. The van der Waals surface area contributed by atoms with Crippen molar-refractivity contribution < 1.29 is 18.7 Å². The zero-order valence-electron chi connectivity index (χ0n) is 21.3. The molecule has 1 aliphatic heterocycles. The van der Waals surface area contributed by atoms with Crippen molar-refractivity contribution in [1.29, 1.82) is 0 Å². The molecule has 1 N–H and O–H groups in total. The van der Waals surface area contributed by atoms with Gasteiger partial charge in [0, 0.05) is 25.2 Å². The van der Waals surface area contributed by atoms with E-state index in [4.69, 9.17) is 9.47 Å². The number of ether oxygens (including phenoxy) is 2. The van der Waals surface area contributed by atoms with Gasteiger partial charge in [0.1, 0.15) is 31.4 Å². The van der Waals surface area contributed by atoms with Gasteiger partial charge in [-0.1, -0.05) is 66.7 Å². The van der Waals surface area contributed by atoms with Gasteiger partial charge in [0.15, 0.2) is 11.4 Å². The number of benzene rings is 3. The van der Waals surface area contributed by atoms with E-state index in [-0.39, 0.29) is 41.9 Å². The Kier molecular flexibility index (Phi) is 8.02. The van der Waals surface area contributed by atoms with Crippen molar-refractivity contribution >= 4 is 5.91 Å². The summed E-state index contributed by atoms with van der Waals surface area (Å²) in [5.41, 5.74) is 5.65. The largest absolute Gasteiger partial charge is 0.489 e. The number of carbonyl (C=O) groups is 1. The van der Waals surface area contributed by atoms with E-state index < -0.39 is 0 Å². The van der Waals surface area contributed by atoms with Crippen LogP contribution < -0.4 is 20.3 Å². The third-order valence-corrected chi connectivity index (χ3v) is 6.29. The van der Waals surface area contributed by atoms with Crippen LogP contribution in [0.2, 0.25) is 0 Å². The topological polar surface area (TPSA) is 72.8 Å². The molecule has 1 aliphatic rings. The molecular formula is C31H28FN3O4. The molecule has 0 bridgehead atoms. The second kappa shape index (κ2) is 12.1. The summed E-state index contributed by atoms with van der Waals surface area (Å²) in [5.74, 6) is 0.167. The van der Waals surface area contributed by atoms with Gasteiger partial charge in [-0.3, -0.25) is 14.3 Å². The van der Waals surface area contributed by atoms with Crippen LogP contribution in [0.15, 0.2) is 108 Å². The van der Waals surface area contributed by atoms with Gasteiger partial charge < -0.3 is 19.8 Å². The number of halogens is 1. The summed E-state index contributed by atoms with van der Waals surface area (Å²) < 4.78 is 26.9. The van der Waals surface area contributed by atoms with Crippen molar-refractivity contribution in [3.63, 3.8) is 0 Å². The number of para-hydroxylation sites is 1. The Hall–Kier alpha value is -4.85. The van der Waals surface area contributed by atoms with Crippen LogP contribution in [0.5, 0.6) is 11.5 Å². The number of amides is 1. The van der Waals surface area contributed by atoms with Crippen molar-refractivity contribution in [3.8, 4) is 11.5 Å². The molecule has 0 saturated heterocycles. The summed E-state index contributed by atoms with van der Waals surface area (Å²) in [6.07, 6.45) is 5.77. The van der Waals surface area contributed by atoms with Crippen LogP contribution in [0, 0.1) is 5.82 Å². The van der Waals surface area contributed by atoms with Crippen molar-refractivity contribution in [1.82, 2.24) is 9.58 Å². The molecule has 8 heteroatoms. The molecule has 5 rings (SSSR count). The monoisotopic (exact) mass is 525 g/mol. The standard InChI is InChI=1S/C31H28FN3O4/c32-26-13-8-11-24(20-26)19-25-12-4-5-14-28(25)38-18-7-6-16-34-22-33-35-17-15-27(36)30(29(35)31(34)37)39-21-23-9-2-1-3-10-23/h1-15,17,20,33H,16,18-19,21-22H2/b7-6-. The number of hydrogen-bond acceptors (Lipinski definition) is 5. The molecule has 0 aliphatic carbocycles. The molecule has 7 nitrogen and oxygen atoms in total. The molecule has 0 atom stereocenters. The Morgan fingerprint density at radius 3 is 2.51 bits per heavy atom. The molecule has 0 radical (unpaired) electrons. The van der Waals surface area contributed by atoms with Crippen molar-refractivity contribution in [2.45, 2.75) is 13.0 Å². The number of nitrogens with one attached hydrogen (secondary N) is 1. The number of nitrogens with zero attached hydrogens (tertiary/aromatic N) is 2. The van der Waals surface area contributed by atoms with E-state index in [1.807, 2.05) is 72.8 Å². The van der Waals surface area contributed by atoms with E-state index in [0.29, 0.717) is 19.6 Å². The normalized spacial score (nSPS) is 12.7. The van der Waals surface area contributed by atoms with Gasteiger partial charge in [0.2, 0.25) is 5.43 Å². The summed E-state index contributed by atoms with van der Waals surface area (Å²) in [6, 6.07) is 25.0. The van der Waals surface area contributed by atoms with Crippen LogP contribution in [0.3, 0.4) is 0 Å². The van der Waals surface area contributed by atoms with Crippen LogP contribution >= 0.6 is 0 Å². The first kappa shape index (κ1) is 25.8. The Labute approximate surface area is 225 Å². The first-order chi connectivity index (χ1) is 19.1. The van der Waals surface area contributed by atoms with Crippen LogP contribution in [0.25, 0.3) is 0 Å². The van der Waals surface area contributed by atoms with E-state index in [9.17, 15) is 14.0 Å². The molecule has 0 unspecified atom stereocenters. The maximum Gasteiger partial charge on any atom is 0.278 e. The highest BCUT2D eigenvalue weighted by Gasteiger charge is 2.28. The van der Waals surface area contributed by atoms with Crippen molar-refractivity contribution in [3.05, 3.63) is 142 Å². The van der Waals surface area contributed by atoms with E-state index in [0.717, 1.165) is 22.4 Å². The minimum Gasteiger partial charge on any atom is -0.489 e. The lowest BCUT2D eigenvalue weighted by molar-refractivity contribution is 0.0738. The molecule has 1 amide bonds. The molecule has 0 spiro atoms. The maximum absolute atomic E-state index is 13.6. The Bertz CT molecular complexity index is 1530. The first-order valence-corrected chi connectivity index (χ1v) is 12.6. The Morgan fingerprint density at radius 1 is 0.872 bits per heavy atom. The maximum atomic E-state index is 13.6. The molecular weight excluding hydrogens is 497 g/mol. The van der Waals surface area contributed by atoms with Crippen LogP contribution in [-0.2, 0) is 13.0 Å². The van der Waals surface area contributed by atoms with Crippen molar-refractivity contribution in [2.24, 2.45) is 0 Å². The van der Waals surface area contributed by atoms with Gasteiger partial charge in [0.05, 0.1) is 0 Å². The fourth-order valence-electron chi connectivity index (χ4n) is 4.32. The minimum absolute atomic E-state index is 0.0192. The Balaban J connectivity index is 1.20. The van der Waals surface area contributed by atoms with Gasteiger partial charge in [-0.05, 0) is 41.0 Å². The Morgan fingerprint density at radius 2 is 1.67 bits per heavy atom. The fraction of sp³-hybridized carbons (Fsp3) is 0.161. The summed E-state index contributed by atoms with van der Waals surface area (Å²) in [7, 11) is 0. The number of fused-ring (bicyclic) bond motifs is 1. The number of hydrogen-bond donors (Lipinski definition) is 1. The van der Waals surface area contributed by atoms with E-state index >= 15 is 0 Å². The van der Waals surface area contributed by atoms with Crippen LogP contribution in [0.1, 0.15) is 27.2 Å². The summed E-state index contributed by atoms with van der Waals surface area (Å²) in [5, 5.41) is 0. The van der Waals surface area contributed by atoms with Crippen LogP contribution in [0.4, 0.5) is 4.39 Å². The number of carbonyl (C=O) groups excluding carboxylic acids is 1. The smallest absolute Gasteiger partial charge is 0.278 e. The predicted molar refractivity (Wildman–Crippen MR) is 147 cm³/mol. The van der Waals surface area contributed by atoms with Gasteiger partial charge in [-0.15, -0.1) is 0 Å². The third-order valence-electron chi connectivity index (χ3n) is 6.29. The number of pyridine rings is 1. The molecule has 4 aromatic rings. The average molecular weight is 526 g/mol. The molecule has 0 saturated carbocycles. The van der Waals surface area contributed by atoms with E-state index in [2.05, 4.69) is 5.43 Å². The lowest BCUT2D eigenvalue weighted by Gasteiger charge is -2.31. The SMILES string of the molecule is O=C1c2c(OCc3ccccc3)c(=O)ccn2NCN1C/C=C\COc1ccccc1Cc1cccc(F)c1. The average Bonchev–Trinajstić information content (AvgIpc) is 2.95. The van der Waals surface area contributed by atoms with Crippen molar-refractivity contribution in [2.75, 3.05) is 25.2 Å². The summed E-state index contributed by atoms with van der Waals surface area (Å²) in [6.45, 7) is 1.07. The fourth-order valence-corrected chi connectivity index (χ4v) is 4.32. The van der Waals surface area contributed by atoms with Gasteiger partial charge in [-0.2, -0.15) is 0 Å². The minimum atomic E-state index is -0.352. The zero-order chi connectivity index (χ0) is 27.0. The van der Waals surface area contributed by atoms with E-state index in [1.54, 1.807) is 11.0 Å². The summed E-state index contributed by atoms with van der Waals surface area (Å²) in [4.78, 5) is 27.4. The molecule has 0 fully saturated rings. The number of rotatable bonds is 10. The van der Waals surface area contributed by atoms with Crippen LogP contribution in [-0.4, -0.2) is 35.3 Å². The second-order valence-corrected chi connectivity index (χ2v) is 9.04. The number of aromatic nitrogens is 1. The lowest BCUT2D eigenvalue weighted by atomic mass is 10.0. The summed E-state index contributed by atoms with van der Waals surface area (Å²) >= 11 is 0. The van der Waals surface area contributed by atoms with Gasteiger partial charge in [-0.25, -0.2) is 4.39 Å². The van der Waals surface area contributed by atoms with Gasteiger partial charge in [0.25, 0.3) is 5.91 Å².